The Bertz CT molecular complexity index is 1070. The van der Waals surface area contributed by atoms with E-state index in [1.165, 1.54) is 18.2 Å². The summed E-state index contributed by atoms with van der Waals surface area (Å²) in [7, 11) is 0. The topological polar surface area (TPSA) is 99.3 Å². The molecule has 0 aliphatic rings. The highest BCUT2D eigenvalue weighted by molar-refractivity contribution is 9.10. The Balaban J connectivity index is 1.85. The zero-order valence-electron chi connectivity index (χ0n) is 15.4. The number of carbonyl (C=O) groups excluding carboxylic acids is 1. The first-order valence-electron chi connectivity index (χ1n) is 8.48. The van der Waals surface area contributed by atoms with E-state index in [1.54, 1.807) is 42.1 Å². The molecule has 3 rings (SSSR count). The molecule has 0 radical (unpaired) electrons. The van der Waals surface area contributed by atoms with E-state index in [0.717, 1.165) is 10.2 Å². The molecule has 0 bridgehead atoms. The third-order valence-electron chi connectivity index (χ3n) is 4.15. The van der Waals surface area contributed by atoms with Crippen molar-refractivity contribution in [2.45, 2.75) is 19.9 Å². The molecule has 10 heteroatoms. The largest absolute Gasteiger partial charge is 0.457 e. The number of halogens is 2. The van der Waals surface area contributed by atoms with Crippen molar-refractivity contribution in [1.82, 2.24) is 9.78 Å². The smallest absolute Gasteiger partial charge is 0.275 e. The van der Waals surface area contributed by atoms with Crippen molar-refractivity contribution in [3.05, 3.63) is 74.0 Å². The number of carbonyl (C=O) groups is 1. The summed E-state index contributed by atoms with van der Waals surface area (Å²) in [5, 5.41) is 18.7. The number of hydrogen-bond acceptors (Lipinski definition) is 5. The summed E-state index contributed by atoms with van der Waals surface area (Å²) in [4.78, 5) is 23.4. The van der Waals surface area contributed by atoms with E-state index in [0.29, 0.717) is 10.8 Å². The summed E-state index contributed by atoms with van der Waals surface area (Å²) >= 11 is 9.21. The molecule has 0 aliphatic carbocycles. The Labute approximate surface area is 179 Å². The van der Waals surface area contributed by atoms with Crippen molar-refractivity contribution in [3.8, 4) is 11.5 Å². The summed E-state index contributed by atoms with van der Waals surface area (Å²) in [6, 6.07) is 10.00. The minimum absolute atomic E-state index is 0.211. The molecule has 29 heavy (non-hydrogen) atoms. The van der Waals surface area contributed by atoms with Gasteiger partial charge in [-0.2, -0.15) is 5.10 Å². The van der Waals surface area contributed by atoms with E-state index in [-0.39, 0.29) is 23.0 Å². The van der Waals surface area contributed by atoms with Crippen LogP contribution >= 0.6 is 27.5 Å². The van der Waals surface area contributed by atoms with Crippen LogP contribution in [0.2, 0.25) is 5.02 Å². The number of nitrogens with zero attached hydrogens (tertiary/aromatic N) is 3. The highest BCUT2D eigenvalue weighted by Gasteiger charge is 2.20. The van der Waals surface area contributed by atoms with E-state index in [2.05, 4.69) is 26.3 Å². The standard InChI is InChI=1S/C19H16BrClN4O4/c1-11-18(20)10-22-24(11)12(2)19(26)23-14-7-15(25(27)28)9-17(8-14)29-16-5-3-13(21)4-6-16/h3-10,12H,1-2H3,(H,23,26). The summed E-state index contributed by atoms with van der Waals surface area (Å²) < 4.78 is 8.02. The van der Waals surface area contributed by atoms with Gasteiger partial charge in [-0.15, -0.1) is 0 Å². The van der Waals surface area contributed by atoms with E-state index >= 15 is 0 Å². The Morgan fingerprint density at radius 3 is 2.55 bits per heavy atom. The maximum absolute atomic E-state index is 12.7. The van der Waals surface area contributed by atoms with Crippen LogP contribution in [0.5, 0.6) is 11.5 Å². The van der Waals surface area contributed by atoms with Crippen molar-refractivity contribution >= 4 is 44.8 Å². The second kappa shape index (κ2) is 8.62. The number of hydrogen-bond donors (Lipinski definition) is 1. The van der Waals surface area contributed by atoms with Gasteiger partial charge >= 0.3 is 0 Å². The molecule has 1 amide bonds. The van der Waals surface area contributed by atoms with Gasteiger partial charge in [0.15, 0.2) is 0 Å². The zero-order valence-corrected chi connectivity index (χ0v) is 17.8. The number of non-ortho nitro benzene ring substituents is 1. The first-order chi connectivity index (χ1) is 13.7. The molecule has 2 aromatic carbocycles. The molecule has 1 unspecified atom stereocenters. The minimum Gasteiger partial charge on any atom is -0.457 e. The van der Waals surface area contributed by atoms with Gasteiger partial charge in [-0.1, -0.05) is 11.6 Å². The number of nitro groups is 1. The minimum atomic E-state index is -0.624. The van der Waals surface area contributed by atoms with Gasteiger partial charge in [-0.25, -0.2) is 0 Å². The van der Waals surface area contributed by atoms with Crippen molar-refractivity contribution in [2.75, 3.05) is 5.32 Å². The van der Waals surface area contributed by atoms with Gasteiger partial charge in [0.1, 0.15) is 17.5 Å². The molecule has 3 aromatic rings. The van der Waals surface area contributed by atoms with Crippen molar-refractivity contribution in [3.63, 3.8) is 0 Å². The Morgan fingerprint density at radius 1 is 1.28 bits per heavy atom. The van der Waals surface area contributed by atoms with Crippen molar-refractivity contribution < 1.29 is 14.5 Å². The highest BCUT2D eigenvalue weighted by atomic mass is 79.9. The number of ether oxygens (including phenoxy) is 1. The molecule has 0 fully saturated rings. The summed E-state index contributed by atoms with van der Waals surface area (Å²) in [5.74, 6) is 0.293. The van der Waals surface area contributed by atoms with Crippen LogP contribution in [-0.4, -0.2) is 20.6 Å². The monoisotopic (exact) mass is 478 g/mol. The molecular formula is C19H16BrClN4O4. The number of nitro benzene ring substituents is 1. The van der Waals surface area contributed by atoms with Crippen LogP contribution in [0.3, 0.4) is 0 Å². The van der Waals surface area contributed by atoms with Crippen LogP contribution in [0.4, 0.5) is 11.4 Å². The quantitative estimate of drug-likeness (QED) is 0.371. The lowest BCUT2D eigenvalue weighted by Gasteiger charge is -2.15. The molecule has 1 N–H and O–H groups in total. The second-order valence-electron chi connectivity index (χ2n) is 6.22. The lowest BCUT2D eigenvalue weighted by Crippen LogP contribution is -2.25. The molecule has 0 saturated carbocycles. The first kappa shape index (κ1) is 20.8. The maximum Gasteiger partial charge on any atom is 0.275 e. The average molecular weight is 480 g/mol. The molecular weight excluding hydrogens is 464 g/mol. The molecule has 1 aromatic heterocycles. The molecule has 8 nitrogen and oxygen atoms in total. The zero-order chi connectivity index (χ0) is 21.1. The fourth-order valence-electron chi connectivity index (χ4n) is 2.61. The van der Waals surface area contributed by atoms with Gasteiger partial charge in [0.05, 0.1) is 33.0 Å². The van der Waals surface area contributed by atoms with Crippen LogP contribution in [0, 0.1) is 17.0 Å². The number of rotatable bonds is 6. The lowest BCUT2D eigenvalue weighted by molar-refractivity contribution is -0.384. The Hall–Kier alpha value is -2.91. The molecule has 1 atom stereocenters. The fourth-order valence-corrected chi connectivity index (χ4v) is 3.01. The van der Waals surface area contributed by atoms with Gasteiger partial charge in [0.25, 0.3) is 5.69 Å². The van der Waals surface area contributed by atoms with E-state index in [9.17, 15) is 14.9 Å². The lowest BCUT2D eigenvalue weighted by atomic mass is 10.2. The first-order valence-corrected chi connectivity index (χ1v) is 9.65. The normalized spacial score (nSPS) is 11.7. The predicted octanol–water partition coefficient (Wildman–Crippen LogP) is 5.51. The van der Waals surface area contributed by atoms with Gasteiger partial charge in [-0.3, -0.25) is 19.6 Å². The highest BCUT2D eigenvalue weighted by Crippen LogP contribution is 2.31. The summed E-state index contributed by atoms with van der Waals surface area (Å²) in [5.41, 5.74) is 0.819. The number of aromatic nitrogens is 2. The Kier molecular flexibility index (Phi) is 6.19. The molecule has 0 aliphatic heterocycles. The third kappa shape index (κ3) is 4.93. The summed E-state index contributed by atoms with van der Waals surface area (Å²) in [6.45, 7) is 3.51. The van der Waals surface area contributed by atoms with Crippen molar-refractivity contribution in [1.29, 1.82) is 0 Å². The SMILES string of the molecule is Cc1c(Br)cnn1C(C)C(=O)Nc1cc(Oc2ccc(Cl)cc2)cc([N+](=O)[O-])c1. The van der Waals surface area contributed by atoms with Crippen LogP contribution in [0.1, 0.15) is 18.7 Å². The third-order valence-corrected chi connectivity index (χ3v) is 5.18. The van der Waals surface area contributed by atoms with E-state index in [1.807, 2.05) is 6.92 Å². The maximum atomic E-state index is 12.7. The number of anilines is 1. The van der Waals surface area contributed by atoms with Crippen LogP contribution in [-0.2, 0) is 4.79 Å². The van der Waals surface area contributed by atoms with Crippen LogP contribution in [0.15, 0.2) is 53.1 Å². The van der Waals surface area contributed by atoms with E-state index < -0.39 is 11.0 Å². The molecule has 0 saturated heterocycles. The number of nitrogens with one attached hydrogen (secondary N) is 1. The average Bonchev–Trinajstić information content (AvgIpc) is 3.01. The predicted molar refractivity (Wildman–Crippen MR) is 113 cm³/mol. The van der Waals surface area contributed by atoms with Gasteiger partial charge in [-0.05, 0) is 54.0 Å². The van der Waals surface area contributed by atoms with Crippen LogP contribution in [0.25, 0.3) is 0 Å². The molecule has 0 spiro atoms. The number of benzene rings is 2. The molecule has 1 heterocycles. The second-order valence-corrected chi connectivity index (χ2v) is 7.51. The van der Waals surface area contributed by atoms with Gasteiger partial charge in [0.2, 0.25) is 5.91 Å². The van der Waals surface area contributed by atoms with Crippen LogP contribution < -0.4 is 10.1 Å². The van der Waals surface area contributed by atoms with Gasteiger partial charge < -0.3 is 10.1 Å². The van der Waals surface area contributed by atoms with Crippen molar-refractivity contribution in [2.24, 2.45) is 0 Å². The molecule has 150 valence electrons. The Morgan fingerprint density at radius 2 is 1.97 bits per heavy atom. The summed E-state index contributed by atoms with van der Waals surface area (Å²) in [6.07, 6.45) is 1.60. The number of amides is 1. The van der Waals surface area contributed by atoms with Gasteiger partial charge in [0, 0.05) is 17.2 Å². The fraction of sp³-hybridized carbons (Fsp3) is 0.158. The van der Waals surface area contributed by atoms with E-state index in [4.69, 9.17) is 16.3 Å².